The van der Waals surface area contributed by atoms with Crippen molar-refractivity contribution in [1.82, 2.24) is 4.98 Å². The van der Waals surface area contributed by atoms with Gasteiger partial charge in [0.25, 0.3) is 0 Å². The Morgan fingerprint density at radius 1 is 1.64 bits per heavy atom. The molecule has 1 aromatic rings. The van der Waals surface area contributed by atoms with Crippen molar-refractivity contribution < 1.29 is 4.21 Å². The molecule has 2 N–H and O–H groups in total. The van der Waals surface area contributed by atoms with Crippen molar-refractivity contribution in [1.29, 1.82) is 0 Å². The fourth-order valence-corrected chi connectivity index (χ4v) is 1.43. The fourth-order valence-electron chi connectivity index (χ4n) is 0.680. The van der Waals surface area contributed by atoms with Crippen molar-refractivity contribution in [3.05, 3.63) is 17.3 Å². The van der Waals surface area contributed by atoms with E-state index in [4.69, 9.17) is 17.3 Å². The molecular formula is C6H7ClN2OS. The molecule has 0 aliphatic rings. The number of hydrogen-bond donors (Lipinski definition) is 1. The largest absolute Gasteiger partial charge is 0.383 e. The molecule has 3 nitrogen and oxygen atoms in total. The number of nitrogens with zero attached hydrogens (tertiary/aromatic N) is 1. The summed E-state index contributed by atoms with van der Waals surface area (Å²) in [5.74, 6) is 0.235. The van der Waals surface area contributed by atoms with Crippen LogP contribution >= 0.6 is 11.6 Å². The molecule has 5 heteroatoms. The van der Waals surface area contributed by atoms with Gasteiger partial charge in [-0.1, -0.05) is 11.6 Å². The summed E-state index contributed by atoms with van der Waals surface area (Å²) < 4.78 is 10.9. The molecule has 1 unspecified atom stereocenters. The third-order valence-electron chi connectivity index (χ3n) is 1.16. The van der Waals surface area contributed by atoms with Crippen molar-refractivity contribution in [3.8, 4) is 0 Å². The number of nitrogen functional groups attached to an aromatic ring is 1. The molecule has 1 atom stereocenters. The number of aromatic nitrogens is 1. The topological polar surface area (TPSA) is 56.0 Å². The Kier molecular flexibility index (Phi) is 2.46. The lowest BCUT2D eigenvalue weighted by atomic mass is 10.5. The SMILES string of the molecule is CS(=O)c1ccc(Cl)nc1N. The monoisotopic (exact) mass is 190 g/mol. The Labute approximate surface area is 72.0 Å². The second-order valence-corrected chi connectivity index (χ2v) is 3.71. The second-order valence-electron chi connectivity index (χ2n) is 1.97. The lowest BCUT2D eigenvalue weighted by molar-refractivity contribution is 0.687. The molecule has 0 saturated carbocycles. The molecule has 1 rings (SSSR count). The van der Waals surface area contributed by atoms with E-state index in [1.54, 1.807) is 18.4 Å². The van der Waals surface area contributed by atoms with Gasteiger partial charge < -0.3 is 5.73 Å². The van der Waals surface area contributed by atoms with E-state index in [0.717, 1.165) is 0 Å². The van der Waals surface area contributed by atoms with E-state index in [2.05, 4.69) is 4.98 Å². The van der Waals surface area contributed by atoms with Crippen molar-refractivity contribution >= 4 is 28.2 Å². The van der Waals surface area contributed by atoms with Gasteiger partial charge >= 0.3 is 0 Å². The number of nitrogens with two attached hydrogens (primary N) is 1. The molecule has 60 valence electrons. The van der Waals surface area contributed by atoms with E-state index < -0.39 is 10.8 Å². The van der Waals surface area contributed by atoms with E-state index in [1.165, 1.54) is 0 Å². The lowest BCUT2D eigenvalue weighted by Gasteiger charge is -1.99. The van der Waals surface area contributed by atoms with Gasteiger partial charge in [-0.15, -0.1) is 0 Å². The maximum absolute atomic E-state index is 10.9. The van der Waals surface area contributed by atoms with Crippen LogP contribution in [-0.2, 0) is 10.8 Å². The van der Waals surface area contributed by atoms with Gasteiger partial charge in [-0.2, -0.15) is 0 Å². The molecule has 0 aromatic carbocycles. The smallest absolute Gasteiger partial charge is 0.141 e. The third kappa shape index (κ3) is 1.91. The number of halogens is 1. The average molecular weight is 191 g/mol. The summed E-state index contributed by atoms with van der Waals surface area (Å²) in [7, 11) is -1.09. The zero-order valence-electron chi connectivity index (χ0n) is 5.87. The fraction of sp³-hybridized carbons (Fsp3) is 0.167. The van der Waals surface area contributed by atoms with Crippen molar-refractivity contribution in [2.45, 2.75) is 4.90 Å². The van der Waals surface area contributed by atoms with Crippen LogP contribution < -0.4 is 5.73 Å². The summed E-state index contributed by atoms with van der Waals surface area (Å²) in [4.78, 5) is 4.27. The number of pyridine rings is 1. The minimum atomic E-state index is -1.09. The Balaban J connectivity index is 3.20. The van der Waals surface area contributed by atoms with Crippen LogP contribution in [0.15, 0.2) is 17.0 Å². The highest BCUT2D eigenvalue weighted by Gasteiger charge is 2.03. The predicted molar refractivity (Wildman–Crippen MR) is 46.0 cm³/mol. The third-order valence-corrected chi connectivity index (χ3v) is 2.34. The highest BCUT2D eigenvalue weighted by molar-refractivity contribution is 7.84. The minimum Gasteiger partial charge on any atom is -0.383 e. The van der Waals surface area contributed by atoms with Crippen molar-refractivity contribution in [3.63, 3.8) is 0 Å². The van der Waals surface area contributed by atoms with Crippen LogP contribution in [0.4, 0.5) is 5.82 Å². The second kappa shape index (κ2) is 3.19. The summed E-state index contributed by atoms with van der Waals surface area (Å²) in [6.07, 6.45) is 1.54. The summed E-state index contributed by atoms with van der Waals surface area (Å²) in [5, 5.41) is 0.316. The molecule has 1 aromatic heterocycles. The van der Waals surface area contributed by atoms with Crippen LogP contribution in [0.2, 0.25) is 5.15 Å². The molecule has 11 heavy (non-hydrogen) atoms. The van der Waals surface area contributed by atoms with E-state index in [9.17, 15) is 4.21 Å². The first kappa shape index (κ1) is 8.49. The van der Waals surface area contributed by atoms with Crippen molar-refractivity contribution in [2.75, 3.05) is 12.0 Å². The number of anilines is 1. The van der Waals surface area contributed by atoms with Crippen LogP contribution in [0.25, 0.3) is 0 Å². The average Bonchev–Trinajstić information content (AvgIpc) is 1.85. The molecule has 1 heterocycles. The van der Waals surface area contributed by atoms with E-state index in [0.29, 0.717) is 10.0 Å². The van der Waals surface area contributed by atoms with Crippen molar-refractivity contribution in [2.24, 2.45) is 0 Å². The van der Waals surface area contributed by atoms with E-state index >= 15 is 0 Å². The molecule has 0 aliphatic heterocycles. The highest BCUT2D eigenvalue weighted by Crippen LogP contribution is 2.15. The Morgan fingerprint density at radius 2 is 2.27 bits per heavy atom. The van der Waals surface area contributed by atoms with E-state index in [-0.39, 0.29) is 5.82 Å². The molecule has 0 spiro atoms. The summed E-state index contributed by atoms with van der Waals surface area (Å²) in [6.45, 7) is 0. The molecule has 0 amide bonds. The van der Waals surface area contributed by atoms with Crippen LogP contribution in [0.3, 0.4) is 0 Å². The molecular weight excluding hydrogens is 184 g/mol. The first-order valence-corrected chi connectivity index (χ1v) is 4.80. The van der Waals surface area contributed by atoms with Gasteiger partial charge in [0.15, 0.2) is 0 Å². The lowest BCUT2D eigenvalue weighted by Crippen LogP contribution is -1.98. The molecule has 0 aliphatic carbocycles. The molecule has 0 fully saturated rings. The quantitative estimate of drug-likeness (QED) is 0.674. The Bertz CT molecular complexity index is 303. The number of hydrogen-bond acceptors (Lipinski definition) is 3. The van der Waals surface area contributed by atoms with Crippen LogP contribution in [0, 0.1) is 0 Å². The van der Waals surface area contributed by atoms with Gasteiger partial charge in [0, 0.05) is 6.26 Å². The van der Waals surface area contributed by atoms with Crippen LogP contribution in [0.5, 0.6) is 0 Å². The summed E-state index contributed by atoms with van der Waals surface area (Å²) in [6, 6.07) is 3.18. The standard InChI is InChI=1S/C6H7ClN2OS/c1-11(10)4-2-3-5(7)9-6(4)8/h2-3H,1H3,(H2,8,9). The maximum atomic E-state index is 10.9. The van der Waals surface area contributed by atoms with Gasteiger partial charge in [0.1, 0.15) is 11.0 Å². The van der Waals surface area contributed by atoms with Gasteiger partial charge in [0.2, 0.25) is 0 Å². The zero-order valence-corrected chi connectivity index (χ0v) is 7.45. The highest BCUT2D eigenvalue weighted by atomic mass is 35.5. The first-order chi connectivity index (χ1) is 5.11. The number of rotatable bonds is 1. The minimum absolute atomic E-state index is 0.235. The molecule has 0 bridgehead atoms. The Hall–Kier alpha value is -0.610. The first-order valence-electron chi connectivity index (χ1n) is 2.86. The van der Waals surface area contributed by atoms with Gasteiger partial charge in [-0.25, -0.2) is 4.98 Å². The zero-order chi connectivity index (χ0) is 8.43. The predicted octanol–water partition coefficient (Wildman–Crippen LogP) is 1.05. The van der Waals surface area contributed by atoms with Crippen LogP contribution in [0.1, 0.15) is 0 Å². The summed E-state index contributed by atoms with van der Waals surface area (Å²) >= 11 is 5.53. The van der Waals surface area contributed by atoms with E-state index in [1.807, 2.05) is 0 Å². The molecule has 0 saturated heterocycles. The normalized spacial score (nSPS) is 12.9. The van der Waals surface area contributed by atoms with Gasteiger partial charge in [0.05, 0.1) is 15.7 Å². The van der Waals surface area contributed by atoms with Crippen LogP contribution in [-0.4, -0.2) is 15.4 Å². The van der Waals surface area contributed by atoms with Gasteiger partial charge in [-0.05, 0) is 12.1 Å². The Morgan fingerprint density at radius 3 is 2.73 bits per heavy atom. The van der Waals surface area contributed by atoms with Gasteiger partial charge in [-0.3, -0.25) is 4.21 Å². The maximum Gasteiger partial charge on any atom is 0.141 e. The molecule has 0 radical (unpaired) electrons. The summed E-state index contributed by atoms with van der Waals surface area (Å²) in [5.41, 5.74) is 5.43.